The molecule has 11 heteroatoms. The molecule has 0 aliphatic carbocycles. The number of hydrogen-bond donors (Lipinski definition) is 1. The summed E-state index contributed by atoms with van der Waals surface area (Å²) in [6.07, 6.45) is 2.36. The average molecular weight is 644 g/mol. The average Bonchev–Trinajstić information content (AvgIpc) is 3.24. The van der Waals surface area contributed by atoms with Crippen molar-refractivity contribution in [3.05, 3.63) is 92.3 Å². The molecule has 0 aromatic heterocycles. The van der Waals surface area contributed by atoms with Crippen LogP contribution >= 0.6 is 47.2 Å². The van der Waals surface area contributed by atoms with Gasteiger partial charge >= 0.3 is 5.97 Å². The van der Waals surface area contributed by atoms with Crippen LogP contribution in [0.25, 0.3) is 17.2 Å². The monoisotopic (exact) mass is 642 g/mol. The number of hydrogen-bond acceptors (Lipinski definition) is 7. The van der Waals surface area contributed by atoms with Crippen molar-refractivity contribution < 1.29 is 24.2 Å². The molecule has 0 unspecified atom stereocenters. The fourth-order valence-electron chi connectivity index (χ4n) is 4.68. The second-order valence-corrected chi connectivity index (χ2v) is 12.3. The molecular weight excluding hydrogens is 615 g/mol. The molecule has 3 aromatic rings. The number of ether oxygens (including phenoxy) is 2. The normalized spacial score (nSPS) is 16.8. The summed E-state index contributed by atoms with van der Waals surface area (Å²) in [6, 6.07) is 17.8. The summed E-state index contributed by atoms with van der Waals surface area (Å²) in [5.41, 5.74) is 3.56. The number of thioether (sulfide) groups is 1. The molecule has 42 heavy (non-hydrogen) atoms. The second-order valence-electron chi connectivity index (χ2n) is 9.76. The first kappa shape index (κ1) is 30.5. The van der Waals surface area contributed by atoms with Crippen LogP contribution in [0.15, 0.2) is 65.6 Å². The van der Waals surface area contributed by atoms with Crippen molar-refractivity contribution in [3.63, 3.8) is 0 Å². The number of nitrogens with zero attached hydrogens (tertiary/aromatic N) is 2. The molecule has 5 rings (SSSR count). The van der Waals surface area contributed by atoms with Gasteiger partial charge in [-0.05, 0) is 60.0 Å². The van der Waals surface area contributed by atoms with Crippen LogP contribution in [0, 0.1) is 0 Å². The van der Waals surface area contributed by atoms with E-state index in [0.717, 1.165) is 55.1 Å². The lowest BCUT2D eigenvalue weighted by atomic mass is 10.0. The molecule has 0 radical (unpaired) electrons. The highest BCUT2D eigenvalue weighted by Crippen LogP contribution is 2.37. The Hall–Kier alpha value is -2.92. The molecule has 2 aliphatic heterocycles. The molecule has 0 atom stereocenters. The maximum Gasteiger partial charge on any atom is 0.335 e. The van der Waals surface area contributed by atoms with Crippen molar-refractivity contribution in [2.75, 3.05) is 46.0 Å². The van der Waals surface area contributed by atoms with E-state index in [0.29, 0.717) is 44.6 Å². The van der Waals surface area contributed by atoms with Crippen molar-refractivity contribution in [2.45, 2.75) is 6.42 Å². The lowest BCUT2D eigenvalue weighted by Gasteiger charge is -2.26. The molecule has 2 heterocycles. The fraction of sp³-hybridized carbons (Fsp3) is 0.258. The maximum absolute atomic E-state index is 13.4. The molecular formula is C31H28Cl2N2O5S2. The van der Waals surface area contributed by atoms with Gasteiger partial charge in [-0.1, -0.05) is 71.4 Å². The summed E-state index contributed by atoms with van der Waals surface area (Å²) in [5, 5.41) is 10.2. The van der Waals surface area contributed by atoms with Crippen LogP contribution in [-0.2, 0) is 16.0 Å². The first-order valence-electron chi connectivity index (χ1n) is 13.4. The van der Waals surface area contributed by atoms with E-state index in [4.69, 9.17) is 50.0 Å². The Morgan fingerprint density at radius 2 is 1.81 bits per heavy atom. The van der Waals surface area contributed by atoms with Crippen molar-refractivity contribution in [1.29, 1.82) is 0 Å². The van der Waals surface area contributed by atoms with E-state index < -0.39 is 5.97 Å². The van der Waals surface area contributed by atoms with Gasteiger partial charge in [-0.15, -0.1) is 0 Å². The number of carbonyl (C=O) groups is 2. The minimum atomic E-state index is -0.976. The summed E-state index contributed by atoms with van der Waals surface area (Å²) in [7, 11) is 0. The summed E-state index contributed by atoms with van der Waals surface area (Å²) >= 11 is 19.4. The van der Waals surface area contributed by atoms with Gasteiger partial charge in [-0.2, -0.15) is 0 Å². The van der Waals surface area contributed by atoms with Gasteiger partial charge in [0, 0.05) is 47.4 Å². The number of amides is 1. The Kier molecular flexibility index (Phi) is 10.2. The van der Waals surface area contributed by atoms with Crippen LogP contribution in [0.1, 0.15) is 21.5 Å². The number of carboxylic acid groups (broad SMARTS) is 1. The van der Waals surface area contributed by atoms with Gasteiger partial charge in [0.25, 0.3) is 5.91 Å². The summed E-state index contributed by atoms with van der Waals surface area (Å²) in [4.78, 5) is 28.9. The van der Waals surface area contributed by atoms with E-state index in [1.807, 2.05) is 30.3 Å². The minimum Gasteiger partial charge on any atom is -0.492 e. The van der Waals surface area contributed by atoms with Gasteiger partial charge < -0.3 is 14.6 Å². The summed E-state index contributed by atoms with van der Waals surface area (Å²) in [6.45, 7) is 4.83. The van der Waals surface area contributed by atoms with Crippen molar-refractivity contribution in [2.24, 2.45) is 0 Å². The Balaban J connectivity index is 1.36. The Morgan fingerprint density at radius 3 is 2.52 bits per heavy atom. The number of benzene rings is 3. The summed E-state index contributed by atoms with van der Waals surface area (Å²) in [5.74, 6) is -0.502. The number of aromatic carboxylic acids is 1. The number of carbonyl (C=O) groups excluding carboxylic acids is 1. The number of morpholine rings is 1. The van der Waals surface area contributed by atoms with Crippen LogP contribution in [0.3, 0.4) is 0 Å². The van der Waals surface area contributed by atoms with E-state index in [1.165, 1.54) is 11.8 Å². The van der Waals surface area contributed by atoms with Gasteiger partial charge in [0.1, 0.15) is 16.7 Å². The first-order chi connectivity index (χ1) is 20.3. The van der Waals surface area contributed by atoms with E-state index in [9.17, 15) is 9.59 Å². The third kappa shape index (κ3) is 7.53. The highest BCUT2D eigenvalue weighted by Gasteiger charge is 2.32. The lowest BCUT2D eigenvalue weighted by Crippen LogP contribution is -2.38. The van der Waals surface area contributed by atoms with E-state index in [2.05, 4.69) is 4.90 Å². The van der Waals surface area contributed by atoms with E-state index >= 15 is 0 Å². The fourth-order valence-corrected chi connectivity index (χ4v) is 6.50. The van der Waals surface area contributed by atoms with Gasteiger partial charge in [0.15, 0.2) is 0 Å². The van der Waals surface area contributed by atoms with Crippen molar-refractivity contribution in [1.82, 2.24) is 9.80 Å². The highest BCUT2D eigenvalue weighted by molar-refractivity contribution is 8.26. The molecule has 1 N–H and O–H groups in total. The third-order valence-corrected chi connectivity index (χ3v) is 8.93. The lowest BCUT2D eigenvalue weighted by molar-refractivity contribution is -0.122. The predicted molar refractivity (Wildman–Crippen MR) is 172 cm³/mol. The largest absolute Gasteiger partial charge is 0.492 e. The Bertz CT molecular complexity index is 1520. The van der Waals surface area contributed by atoms with Crippen molar-refractivity contribution in [3.8, 4) is 16.9 Å². The quantitative estimate of drug-likeness (QED) is 0.198. The van der Waals surface area contributed by atoms with Crippen LogP contribution in [0.4, 0.5) is 0 Å². The molecule has 0 spiro atoms. The minimum absolute atomic E-state index is 0.179. The molecule has 7 nitrogen and oxygen atoms in total. The molecule has 2 saturated heterocycles. The van der Waals surface area contributed by atoms with E-state index in [-0.39, 0.29) is 11.5 Å². The second kappa shape index (κ2) is 14.0. The van der Waals surface area contributed by atoms with Crippen molar-refractivity contribution >= 4 is 69.5 Å². The predicted octanol–water partition coefficient (Wildman–Crippen LogP) is 6.51. The van der Waals surface area contributed by atoms with Gasteiger partial charge in [-0.3, -0.25) is 14.6 Å². The molecule has 0 bridgehead atoms. The number of rotatable bonds is 10. The number of halogens is 2. The topological polar surface area (TPSA) is 79.3 Å². The molecule has 0 saturated carbocycles. The van der Waals surface area contributed by atoms with E-state index in [1.54, 1.807) is 41.3 Å². The summed E-state index contributed by atoms with van der Waals surface area (Å²) < 4.78 is 12.1. The van der Waals surface area contributed by atoms with Crippen LogP contribution < -0.4 is 4.74 Å². The Labute approximate surface area is 264 Å². The zero-order chi connectivity index (χ0) is 29.6. The van der Waals surface area contributed by atoms with Gasteiger partial charge in [-0.25, -0.2) is 4.79 Å². The zero-order valence-corrected chi connectivity index (χ0v) is 25.7. The van der Waals surface area contributed by atoms with Crippen LogP contribution in [-0.4, -0.2) is 77.1 Å². The van der Waals surface area contributed by atoms with Gasteiger partial charge in [0.2, 0.25) is 0 Å². The SMILES string of the molecule is O=C(O)c1ccc(CCN2C(=O)C(=Cc3cc(-c4ccc(Cl)cc4Cl)ccc3OCCN3CCOCC3)SC2=S)cc1. The molecule has 3 aromatic carbocycles. The standard InChI is InChI=1S/C31H28Cl2N2O5S2/c32-24-6-7-25(26(33)19-24)22-5-8-27(40-16-13-34-11-14-39-15-12-34)23(17-22)18-28-29(36)35(31(41)42-28)10-9-20-1-3-21(4-2-20)30(37)38/h1-8,17-19H,9-16H2,(H,37,38). The van der Waals surface area contributed by atoms with Gasteiger partial charge in [0.05, 0.1) is 23.7 Å². The third-order valence-electron chi connectivity index (χ3n) is 7.01. The zero-order valence-electron chi connectivity index (χ0n) is 22.6. The smallest absolute Gasteiger partial charge is 0.335 e. The molecule has 2 aliphatic rings. The maximum atomic E-state index is 13.4. The first-order valence-corrected chi connectivity index (χ1v) is 15.4. The number of thiocarbonyl (C=S) groups is 1. The highest BCUT2D eigenvalue weighted by atomic mass is 35.5. The molecule has 2 fully saturated rings. The molecule has 1 amide bonds. The van der Waals surface area contributed by atoms with Crippen LogP contribution in [0.5, 0.6) is 5.75 Å². The number of carboxylic acids is 1. The molecule has 218 valence electrons. The van der Waals surface area contributed by atoms with Crippen LogP contribution in [0.2, 0.25) is 10.0 Å². The Morgan fingerprint density at radius 1 is 1.05 bits per heavy atom.